The molecule has 5 heteroatoms. The lowest BCUT2D eigenvalue weighted by molar-refractivity contribution is 0.259. The van der Waals surface area contributed by atoms with E-state index in [4.69, 9.17) is 15.2 Å². The van der Waals surface area contributed by atoms with Crippen molar-refractivity contribution in [2.45, 2.75) is 13.8 Å². The van der Waals surface area contributed by atoms with Crippen molar-refractivity contribution in [3.05, 3.63) is 6.07 Å². The maximum absolute atomic E-state index is 5.46. The molecule has 0 saturated carbocycles. The van der Waals surface area contributed by atoms with Gasteiger partial charge < -0.3 is 15.2 Å². The van der Waals surface area contributed by atoms with Crippen LogP contribution in [0.25, 0.3) is 0 Å². The molecule has 0 atom stereocenters. The molecule has 1 aromatic rings. The van der Waals surface area contributed by atoms with Crippen LogP contribution >= 0.6 is 0 Å². The molecule has 2 N–H and O–H groups in total. The van der Waals surface area contributed by atoms with E-state index >= 15 is 0 Å². The Labute approximate surface area is 83.3 Å². The van der Waals surface area contributed by atoms with Crippen LogP contribution in [0, 0.1) is 5.92 Å². The number of methoxy groups -OCH3 is 1. The van der Waals surface area contributed by atoms with Crippen molar-refractivity contribution in [1.29, 1.82) is 0 Å². The minimum Gasteiger partial charge on any atom is -0.481 e. The van der Waals surface area contributed by atoms with Gasteiger partial charge in [-0.1, -0.05) is 13.8 Å². The first-order valence-corrected chi connectivity index (χ1v) is 4.43. The standard InChI is InChI=1S/C9H15N3O2/c1-6(2)5-14-8-4-7(13-3)11-9(10)12-8/h4,6H,5H2,1-3H3,(H2,10,11,12). The van der Waals surface area contributed by atoms with Crippen LogP contribution in [0.3, 0.4) is 0 Å². The van der Waals surface area contributed by atoms with Gasteiger partial charge in [0.15, 0.2) is 0 Å². The number of anilines is 1. The normalized spacial score (nSPS) is 10.3. The molecule has 1 heterocycles. The van der Waals surface area contributed by atoms with Crippen LogP contribution in [0.4, 0.5) is 5.95 Å². The maximum Gasteiger partial charge on any atom is 0.226 e. The third-order valence-corrected chi connectivity index (χ3v) is 1.47. The Morgan fingerprint density at radius 2 is 2.00 bits per heavy atom. The van der Waals surface area contributed by atoms with Crippen LogP contribution in [-0.4, -0.2) is 23.7 Å². The van der Waals surface area contributed by atoms with Gasteiger partial charge in [0, 0.05) is 0 Å². The molecule has 0 aromatic carbocycles. The summed E-state index contributed by atoms with van der Waals surface area (Å²) in [5.41, 5.74) is 5.46. The second-order valence-corrected chi connectivity index (χ2v) is 3.31. The van der Waals surface area contributed by atoms with E-state index in [2.05, 4.69) is 23.8 Å². The zero-order valence-electron chi connectivity index (χ0n) is 8.65. The first-order chi connectivity index (χ1) is 6.61. The molecule has 0 fully saturated rings. The van der Waals surface area contributed by atoms with E-state index in [0.717, 1.165) is 0 Å². The molecular formula is C9H15N3O2. The average molecular weight is 197 g/mol. The molecule has 0 aliphatic heterocycles. The lowest BCUT2D eigenvalue weighted by Gasteiger charge is -2.08. The topological polar surface area (TPSA) is 70.3 Å². The number of nitrogens with two attached hydrogens (primary N) is 1. The van der Waals surface area contributed by atoms with Gasteiger partial charge in [0.1, 0.15) is 0 Å². The predicted octanol–water partition coefficient (Wildman–Crippen LogP) is 1.10. The van der Waals surface area contributed by atoms with E-state index in [1.165, 1.54) is 7.11 Å². The Morgan fingerprint density at radius 1 is 1.36 bits per heavy atom. The van der Waals surface area contributed by atoms with Crippen LogP contribution < -0.4 is 15.2 Å². The summed E-state index contributed by atoms with van der Waals surface area (Å²) in [7, 11) is 1.52. The molecule has 14 heavy (non-hydrogen) atoms. The summed E-state index contributed by atoms with van der Waals surface area (Å²) in [6.07, 6.45) is 0. The highest BCUT2D eigenvalue weighted by Crippen LogP contribution is 2.16. The van der Waals surface area contributed by atoms with Gasteiger partial charge in [0.25, 0.3) is 0 Å². The molecular weight excluding hydrogens is 182 g/mol. The van der Waals surface area contributed by atoms with Crippen molar-refractivity contribution in [2.24, 2.45) is 5.92 Å². The first-order valence-electron chi connectivity index (χ1n) is 4.43. The van der Waals surface area contributed by atoms with Gasteiger partial charge in [0.05, 0.1) is 19.8 Å². The molecule has 0 aliphatic carbocycles. The fourth-order valence-electron chi connectivity index (χ4n) is 0.852. The van der Waals surface area contributed by atoms with Crippen molar-refractivity contribution >= 4 is 5.95 Å². The summed E-state index contributed by atoms with van der Waals surface area (Å²) in [4.78, 5) is 7.76. The number of hydrogen-bond donors (Lipinski definition) is 1. The van der Waals surface area contributed by atoms with Gasteiger partial charge >= 0.3 is 0 Å². The third kappa shape index (κ3) is 3.08. The predicted molar refractivity (Wildman–Crippen MR) is 53.3 cm³/mol. The summed E-state index contributed by atoms with van der Waals surface area (Å²) in [5.74, 6) is 1.46. The van der Waals surface area contributed by atoms with Crippen LogP contribution in [0.5, 0.6) is 11.8 Å². The Kier molecular flexibility index (Phi) is 3.50. The second-order valence-electron chi connectivity index (χ2n) is 3.31. The Balaban J connectivity index is 2.71. The zero-order chi connectivity index (χ0) is 10.6. The van der Waals surface area contributed by atoms with Gasteiger partial charge in [-0.3, -0.25) is 0 Å². The van der Waals surface area contributed by atoms with Crippen molar-refractivity contribution < 1.29 is 9.47 Å². The first kappa shape index (κ1) is 10.6. The number of rotatable bonds is 4. The van der Waals surface area contributed by atoms with Gasteiger partial charge in [-0.2, -0.15) is 9.97 Å². The van der Waals surface area contributed by atoms with Crippen molar-refractivity contribution in [2.75, 3.05) is 19.5 Å². The number of nitrogen functional groups attached to an aromatic ring is 1. The fraction of sp³-hybridized carbons (Fsp3) is 0.556. The largest absolute Gasteiger partial charge is 0.481 e. The van der Waals surface area contributed by atoms with E-state index in [1.807, 2.05) is 0 Å². The van der Waals surface area contributed by atoms with Crippen molar-refractivity contribution in [1.82, 2.24) is 9.97 Å². The van der Waals surface area contributed by atoms with E-state index in [-0.39, 0.29) is 5.95 Å². The van der Waals surface area contributed by atoms with Crippen LogP contribution in [-0.2, 0) is 0 Å². The van der Waals surface area contributed by atoms with E-state index in [9.17, 15) is 0 Å². The molecule has 0 radical (unpaired) electrons. The molecule has 5 nitrogen and oxygen atoms in total. The highest BCUT2D eigenvalue weighted by atomic mass is 16.5. The number of nitrogens with zero attached hydrogens (tertiary/aromatic N) is 2. The Bertz CT molecular complexity index is 302. The number of hydrogen-bond acceptors (Lipinski definition) is 5. The van der Waals surface area contributed by atoms with Gasteiger partial charge in [-0.15, -0.1) is 0 Å². The molecule has 78 valence electrons. The molecule has 0 amide bonds. The maximum atomic E-state index is 5.46. The SMILES string of the molecule is COc1cc(OCC(C)C)nc(N)n1. The van der Waals surface area contributed by atoms with Crippen molar-refractivity contribution in [3.8, 4) is 11.8 Å². The van der Waals surface area contributed by atoms with E-state index < -0.39 is 0 Å². The quantitative estimate of drug-likeness (QED) is 0.782. The van der Waals surface area contributed by atoms with Gasteiger partial charge in [0.2, 0.25) is 17.7 Å². The molecule has 0 saturated heterocycles. The van der Waals surface area contributed by atoms with Crippen molar-refractivity contribution in [3.63, 3.8) is 0 Å². The van der Waals surface area contributed by atoms with Crippen LogP contribution in [0.1, 0.15) is 13.8 Å². The lowest BCUT2D eigenvalue weighted by Crippen LogP contribution is -2.07. The second kappa shape index (κ2) is 4.64. The highest BCUT2D eigenvalue weighted by molar-refractivity contribution is 5.29. The number of ether oxygens (including phenoxy) is 2. The fourth-order valence-corrected chi connectivity index (χ4v) is 0.852. The lowest BCUT2D eigenvalue weighted by atomic mass is 10.2. The van der Waals surface area contributed by atoms with Crippen LogP contribution in [0.2, 0.25) is 0 Å². The summed E-state index contributed by atoms with van der Waals surface area (Å²) in [5, 5.41) is 0. The summed E-state index contributed by atoms with van der Waals surface area (Å²) < 4.78 is 10.3. The van der Waals surface area contributed by atoms with E-state index in [1.54, 1.807) is 6.07 Å². The molecule has 1 rings (SSSR count). The minimum absolute atomic E-state index is 0.156. The molecule has 0 bridgehead atoms. The smallest absolute Gasteiger partial charge is 0.226 e. The number of aromatic nitrogens is 2. The Morgan fingerprint density at radius 3 is 2.57 bits per heavy atom. The van der Waals surface area contributed by atoms with Gasteiger partial charge in [-0.25, -0.2) is 0 Å². The third-order valence-electron chi connectivity index (χ3n) is 1.47. The minimum atomic E-state index is 0.156. The Hall–Kier alpha value is -1.52. The molecule has 0 spiro atoms. The van der Waals surface area contributed by atoms with E-state index in [0.29, 0.717) is 24.3 Å². The van der Waals surface area contributed by atoms with Gasteiger partial charge in [-0.05, 0) is 5.92 Å². The summed E-state index contributed by atoms with van der Waals surface area (Å²) >= 11 is 0. The zero-order valence-corrected chi connectivity index (χ0v) is 8.65. The molecule has 1 aromatic heterocycles. The molecule has 0 unspecified atom stereocenters. The molecule has 0 aliphatic rings. The average Bonchev–Trinajstić information content (AvgIpc) is 2.14. The van der Waals surface area contributed by atoms with Crippen LogP contribution in [0.15, 0.2) is 6.07 Å². The summed E-state index contributed by atoms with van der Waals surface area (Å²) in [6.45, 7) is 4.71. The summed E-state index contributed by atoms with van der Waals surface area (Å²) in [6, 6.07) is 1.61. The monoisotopic (exact) mass is 197 g/mol. The highest BCUT2D eigenvalue weighted by Gasteiger charge is 2.04.